The van der Waals surface area contributed by atoms with Crippen molar-refractivity contribution in [3.8, 4) is 5.75 Å². The van der Waals surface area contributed by atoms with Crippen molar-refractivity contribution in [1.29, 1.82) is 0 Å². The third-order valence-corrected chi connectivity index (χ3v) is 5.28. The first-order chi connectivity index (χ1) is 11.3. The first-order valence-electron chi connectivity index (χ1n) is 9.67. The van der Waals surface area contributed by atoms with Crippen molar-refractivity contribution in [2.24, 2.45) is 5.92 Å². The van der Waals surface area contributed by atoms with Gasteiger partial charge in [0.15, 0.2) is 0 Å². The first kappa shape index (κ1) is 18.1. The molecule has 23 heavy (non-hydrogen) atoms. The van der Waals surface area contributed by atoms with Crippen LogP contribution in [0.15, 0.2) is 36.9 Å². The second-order valence-corrected chi connectivity index (χ2v) is 7.09. The van der Waals surface area contributed by atoms with Crippen LogP contribution in [-0.2, 0) is 0 Å². The summed E-state index contributed by atoms with van der Waals surface area (Å²) < 4.78 is 5.57. The zero-order valence-electron chi connectivity index (χ0n) is 14.9. The summed E-state index contributed by atoms with van der Waals surface area (Å²) in [5.41, 5.74) is 1.50. The van der Waals surface area contributed by atoms with E-state index < -0.39 is 0 Å². The van der Waals surface area contributed by atoms with Crippen molar-refractivity contribution < 1.29 is 4.74 Å². The summed E-state index contributed by atoms with van der Waals surface area (Å²) in [6, 6.07) is 8.74. The topological polar surface area (TPSA) is 9.23 Å². The van der Waals surface area contributed by atoms with Gasteiger partial charge in [-0.1, -0.05) is 70.2 Å². The minimum Gasteiger partial charge on any atom is -0.490 e. The van der Waals surface area contributed by atoms with Gasteiger partial charge in [0, 0.05) is 0 Å². The highest BCUT2D eigenvalue weighted by Crippen LogP contribution is 2.38. The van der Waals surface area contributed by atoms with Crippen molar-refractivity contribution >= 4 is 0 Å². The van der Waals surface area contributed by atoms with Crippen LogP contribution < -0.4 is 4.74 Å². The molecule has 1 aromatic rings. The predicted octanol–water partition coefficient (Wildman–Crippen LogP) is 6.89. The fraction of sp³-hybridized carbons (Fsp3) is 0.636. The number of rotatable bonds is 10. The maximum Gasteiger partial charge on any atom is 0.119 e. The average molecular weight is 315 g/mol. The van der Waals surface area contributed by atoms with E-state index in [1.54, 1.807) is 6.08 Å². The Kier molecular flexibility index (Phi) is 8.28. The summed E-state index contributed by atoms with van der Waals surface area (Å²) in [5, 5.41) is 0. The van der Waals surface area contributed by atoms with E-state index in [9.17, 15) is 0 Å². The molecule has 1 aliphatic carbocycles. The lowest BCUT2D eigenvalue weighted by atomic mass is 9.77. The molecule has 0 heterocycles. The molecule has 1 nitrogen and oxygen atoms in total. The van der Waals surface area contributed by atoms with Gasteiger partial charge in [0.25, 0.3) is 0 Å². The molecular formula is C22H34O. The van der Waals surface area contributed by atoms with Crippen LogP contribution in [0.5, 0.6) is 5.75 Å². The quantitative estimate of drug-likeness (QED) is 0.337. The molecule has 1 aliphatic rings. The third-order valence-electron chi connectivity index (χ3n) is 5.28. The van der Waals surface area contributed by atoms with Crippen LogP contribution in [0.3, 0.4) is 0 Å². The van der Waals surface area contributed by atoms with E-state index in [2.05, 4.69) is 37.8 Å². The Morgan fingerprint density at radius 1 is 1.00 bits per heavy atom. The number of benzene rings is 1. The molecule has 0 unspecified atom stereocenters. The van der Waals surface area contributed by atoms with E-state index in [1.807, 2.05) is 0 Å². The molecule has 1 aromatic carbocycles. The van der Waals surface area contributed by atoms with Crippen molar-refractivity contribution in [3.63, 3.8) is 0 Å². The van der Waals surface area contributed by atoms with Crippen LogP contribution in [0, 0.1) is 5.92 Å². The highest BCUT2D eigenvalue weighted by Gasteiger charge is 2.21. The summed E-state index contributed by atoms with van der Waals surface area (Å²) in [7, 11) is 0. The minimum atomic E-state index is 0.586. The lowest BCUT2D eigenvalue weighted by Gasteiger charge is -2.29. The maximum absolute atomic E-state index is 5.57. The van der Waals surface area contributed by atoms with Crippen LogP contribution in [0.1, 0.15) is 82.6 Å². The van der Waals surface area contributed by atoms with Crippen LogP contribution in [0.25, 0.3) is 0 Å². The number of hydrogen-bond acceptors (Lipinski definition) is 1. The standard InChI is InChI=1S/C22H34O/c1-3-5-6-7-8-9-19-10-12-20(13-11-19)21-14-16-22(17-15-21)23-18-4-2/h4,14-17,19-20H,2-3,5-13,18H2,1H3/t19-,20-. The molecule has 0 aliphatic heterocycles. The monoisotopic (exact) mass is 314 g/mol. The third kappa shape index (κ3) is 6.41. The van der Waals surface area contributed by atoms with Crippen LogP contribution in [0.2, 0.25) is 0 Å². The van der Waals surface area contributed by atoms with Gasteiger partial charge in [0.1, 0.15) is 12.4 Å². The summed E-state index contributed by atoms with van der Waals surface area (Å²) in [6.07, 6.45) is 15.9. The van der Waals surface area contributed by atoms with Crippen molar-refractivity contribution in [2.45, 2.75) is 77.0 Å². The molecule has 0 saturated heterocycles. The second kappa shape index (κ2) is 10.5. The Hall–Kier alpha value is -1.24. The zero-order valence-corrected chi connectivity index (χ0v) is 14.9. The predicted molar refractivity (Wildman–Crippen MR) is 100 cm³/mol. The molecule has 2 rings (SSSR count). The number of hydrogen-bond donors (Lipinski definition) is 0. The van der Waals surface area contributed by atoms with E-state index in [0.29, 0.717) is 6.61 Å². The highest BCUT2D eigenvalue weighted by atomic mass is 16.5. The molecule has 0 bridgehead atoms. The van der Waals surface area contributed by atoms with Gasteiger partial charge >= 0.3 is 0 Å². The van der Waals surface area contributed by atoms with E-state index in [4.69, 9.17) is 4.74 Å². The molecule has 128 valence electrons. The Morgan fingerprint density at radius 3 is 2.35 bits per heavy atom. The Balaban J connectivity index is 1.68. The Bertz CT molecular complexity index is 426. The Morgan fingerprint density at radius 2 is 1.70 bits per heavy atom. The lowest BCUT2D eigenvalue weighted by Crippen LogP contribution is -2.13. The van der Waals surface area contributed by atoms with Crippen molar-refractivity contribution in [2.75, 3.05) is 6.61 Å². The molecule has 1 fully saturated rings. The molecule has 0 amide bonds. The van der Waals surface area contributed by atoms with Crippen molar-refractivity contribution in [1.82, 2.24) is 0 Å². The van der Waals surface area contributed by atoms with Gasteiger partial charge in [-0.15, -0.1) is 0 Å². The van der Waals surface area contributed by atoms with E-state index in [0.717, 1.165) is 17.6 Å². The Labute approximate surface area is 143 Å². The molecular weight excluding hydrogens is 280 g/mol. The fourth-order valence-corrected chi connectivity index (χ4v) is 3.81. The largest absolute Gasteiger partial charge is 0.490 e. The molecule has 0 N–H and O–H groups in total. The number of unbranched alkanes of at least 4 members (excludes halogenated alkanes) is 4. The van der Waals surface area contributed by atoms with Gasteiger partial charge in [-0.05, 0) is 55.2 Å². The number of ether oxygens (including phenoxy) is 1. The van der Waals surface area contributed by atoms with Crippen LogP contribution >= 0.6 is 0 Å². The smallest absolute Gasteiger partial charge is 0.119 e. The normalized spacial score (nSPS) is 21.1. The molecule has 1 heteroatoms. The summed E-state index contributed by atoms with van der Waals surface area (Å²) >= 11 is 0. The van der Waals surface area contributed by atoms with Gasteiger partial charge in [-0.2, -0.15) is 0 Å². The summed E-state index contributed by atoms with van der Waals surface area (Å²) in [6.45, 7) is 6.56. The second-order valence-electron chi connectivity index (χ2n) is 7.09. The fourth-order valence-electron chi connectivity index (χ4n) is 3.81. The van der Waals surface area contributed by atoms with E-state index >= 15 is 0 Å². The highest BCUT2D eigenvalue weighted by molar-refractivity contribution is 5.29. The summed E-state index contributed by atoms with van der Waals surface area (Å²) in [5.74, 6) is 2.71. The SMILES string of the molecule is C=CCOc1ccc([C@H]2CC[C@H](CCCCCCC)CC2)cc1. The van der Waals surface area contributed by atoms with Gasteiger partial charge in [-0.3, -0.25) is 0 Å². The van der Waals surface area contributed by atoms with Crippen molar-refractivity contribution in [3.05, 3.63) is 42.5 Å². The summed E-state index contributed by atoms with van der Waals surface area (Å²) in [4.78, 5) is 0. The maximum atomic E-state index is 5.57. The van der Waals surface area contributed by atoms with E-state index in [1.165, 1.54) is 69.8 Å². The van der Waals surface area contributed by atoms with Crippen LogP contribution in [0.4, 0.5) is 0 Å². The molecule has 0 atom stereocenters. The lowest BCUT2D eigenvalue weighted by molar-refractivity contribution is 0.301. The van der Waals surface area contributed by atoms with Gasteiger partial charge in [0.05, 0.1) is 0 Å². The van der Waals surface area contributed by atoms with Crippen LogP contribution in [-0.4, -0.2) is 6.61 Å². The minimum absolute atomic E-state index is 0.586. The molecule has 0 aromatic heterocycles. The van der Waals surface area contributed by atoms with Gasteiger partial charge in [-0.25, -0.2) is 0 Å². The zero-order chi connectivity index (χ0) is 16.3. The van der Waals surface area contributed by atoms with Gasteiger partial charge in [0.2, 0.25) is 0 Å². The molecule has 0 radical (unpaired) electrons. The average Bonchev–Trinajstić information content (AvgIpc) is 2.61. The first-order valence-corrected chi connectivity index (χ1v) is 9.67. The molecule has 0 spiro atoms. The molecule has 1 saturated carbocycles. The van der Waals surface area contributed by atoms with Gasteiger partial charge < -0.3 is 4.74 Å². The van der Waals surface area contributed by atoms with E-state index in [-0.39, 0.29) is 0 Å².